The van der Waals surface area contributed by atoms with Crippen LogP contribution in [0, 0.1) is 44.1 Å². The number of carbonyl (C=O) groups is 2. The molecule has 2 unspecified atom stereocenters. The van der Waals surface area contributed by atoms with Crippen molar-refractivity contribution in [3.63, 3.8) is 0 Å². The molecule has 7 nitrogen and oxygen atoms in total. The minimum atomic E-state index is -1.34. The van der Waals surface area contributed by atoms with E-state index in [0.29, 0.717) is 53.7 Å². The van der Waals surface area contributed by atoms with E-state index in [4.69, 9.17) is 0 Å². The maximum Gasteiger partial charge on any atom is 0.305 e. The van der Waals surface area contributed by atoms with E-state index < -0.39 is 59.6 Å². The third kappa shape index (κ3) is 8.23. The zero-order valence-electron chi connectivity index (χ0n) is 26.8. The van der Waals surface area contributed by atoms with Crippen molar-refractivity contribution in [2.45, 2.75) is 78.6 Å². The van der Waals surface area contributed by atoms with Crippen LogP contribution in [0.25, 0.3) is 11.1 Å². The van der Waals surface area contributed by atoms with Crippen LogP contribution >= 0.6 is 0 Å². The summed E-state index contributed by atoms with van der Waals surface area (Å²) in [7, 11) is 0. The molecule has 0 bridgehead atoms. The van der Waals surface area contributed by atoms with Gasteiger partial charge in [-0.05, 0) is 110 Å². The second kappa shape index (κ2) is 14.6. The minimum absolute atomic E-state index is 0.0822. The Morgan fingerprint density at radius 2 is 1.70 bits per heavy atom. The Bertz CT molecular complexity index is 1650. The summed E-state index contributed by atoms with van der Waals surface area (Å²) in [6.07, 6.45) is 0.686. The average molecular weight is 644 g/mol. The van der Waals surface area contributed by atoms with Crippen LogP contribution in [0.4, 0.5) is 17.6 Å². The lowest BCUT2D eigenvalue weighted by Gasteiger charge is -2.26. The normalized spacial score (nSPS) is 16.5. The highest BCUT2D eigenvalue weighted by Crippen LogP contribution is 2.34. The van der Waals surface area contributed by atoms with E-state index in [2.05, 4.69) is 5.32 Å². The third-order valence-corrected chi connectivity index (χ3v) is 8.46. The van der Waals surface area contributed by atoms with Crippen molar-refractivity contribution in [1.82, 2.24) is 14.8 Å². The first-order valence-electron chi connectivity index (χ1n) is 15.5. The largest absolute Gasteiger partial charge is 0.481 e. The number of carbonyl (C=O) groups excluding carboxylic acids is 1. The van der Waals surface area contributed by atoms with Crippen LogP contribution < -0.4 is 10.9 Å². The number of likely N-dealkylation sites (tertiary alicyclic amines) is 1. The molecular weight excluding hydrogens is 602 g/mol. The van der Waals surface area contributed by atoms with Crippen LogP contribution in [0.15, 0.2) is 41.3 Å². The van der Waals surface area contributed by atoms with Crippen molar-refractivity contribution in [1.29, 1.82) is 0 Å². The van der Waals surface area contributed by atoms with E-state index in [9.17, 15) is 32.7 Å². The fraction of sp³-hybridized carbons (Fsp3) is 0.457. The van der Waals surface area contributed by atoms with Crippen molar-refractivity contribution in [2.24, 2.45) is 5.92 Å². The topological polar surface area (TPSA) is 91.6 Å². The Labute approximate surface area is 266 Å². The Kier molecular flexibility index (Phi) is 11.1. The average Bonchev–Trinajstić information content (AvgIpc) is 3.37. The molecular formula is C35H41F4N3O4. The Morgan fingerprint density at radius 1 is 1.02 bits per heavy atom. The Balaban J connectivity index is 1.71. The molecule has 0 saturated carbocycles. The van der Waals surface area contributed by atoms with Gasteiger partial charge in [0.1, 0.15) is 23.8 Å². The highest BCUT2D eigenvalue weighted by molar-refractivity contribution is 5.82. The number of amides is 1. The number of benzene rings is 2. The second-order valence-corrected chi connectivity index (χ2v) is 12.8. The summed E-state index contributed by atoms with van der Waals surface area (Å²) in [4.78, 5) is 40.8. The first-order valence-corrected chi connectivity index (χ1v) is 15.5. The van der Waals surface area contributed by atoms with E-state index in [1.54, 1.807) is 19.9 Å². The van der Waals surface area contributed by atoms with E-state index in [1.807, 2.05) is 18.7 Å². The van der Waals surface area contributed by atoms with Gasteiger partial charge in [0.2, 0.25) is 5.91 Å². The predicted octanol–water partition coefficient (Wildman–Crippen LogP) is 6.36. The summed E-state index contributed by atoms with van der Waals surface area (Å²) < 4.78 is 59.4. The zero-order valence-corrected chi connectivity index (χ0v) is 26.8. The number of carboxylic acids is 1. The molecule has 1 amide bonds. The van der Waals surface area contributed by atoms with Gasteiger partial charge in [-0.15, -0.1) is 0 Å². The van der Waals surface area contributed by atoms with E-state index in [0.717, 1.165) is 10.6 Å². The van der Waals surface area contributed by atoms with Crippen molar-refractivity contribution < 1.29 is 32.3 Å². The van der Waals surface area contributed by atoms with Crippen LogP contribution in [-0.4, -0.2) is 52.3 Å². The highest BCUT2D eigenvalue weighted by atomic mass is 19.1. The number of halogens is 4. The molecule has 0 aliphatic carbocycles. The van der Waals surface area contributed by atoms with Crippen molar-refractivity contribution in [3.05, 3.63) is 92.2 Å². The molecule has 1 aliphatic heterocycles. The maximum absolute atomic E-state index is 15.7. The molecule has 3 aromatic rings. The minimum Gasteiger partial charge on any atom is -0.481 e. The van der Waals surface area contributed by atoms with E-state index in [-0.39, 0.29) is 30.0 Å². The van der Waals surface area contributed by atoms with Gasteiger partial charge < -0.3 is 19.9 Å². The number of aromatic nitrogens is 1. The van der Waals surface area contributed by atoms with Crippen molar-refractivity contribution >= 4 is 11.9 Å². The summed E-state index contributed by atoms with van der Waals surface area (Å²) in [6, 6.07) is 4.28. The van der Waals surface area contributed by atoms with Crippen LogP contribution in [-0.2, 0) is 16.0 Å². The summed E-state index contributed by atoms with van der Waals surface area (Å²) in [6.45, 7) is 9.88. The van der Waals surface area contributed by atoms with Gasteiger partial charge in [0.15, 0.2) is 5.82 Å². The number of rotatable bonds is 12. The molecule has 3 atom stereocenters. The number of carboxylic acid groups (broad SMARTS) is 1. The van der Waals surface area contributed by atoms with Crippen molar-refractivity contribution in [2.75, 3.05) is 19.6 Å². The van der Waals surface area contributed by atoms with Gasteiger partial charge in [0.05, 0.1) is 12.5 Å². The van der Waals surface area contributed by atoms with E-state index in [1.165, 1.54) is 31.3 Å². The summed E-state index contributed by atoms with van der Waals surface area (Å²) in [5, 5.41) is 12.4. The van der Waals surface area contributed by atoms with Gasteiger partial charge in [-0.1, -0.05) is 13.8 Å². The molecule has 46 heavy (non-hydrogen) atoms. The number of nitrogens with one attached hydrogen (secondary N) is 1. The molecule has 1 aromatic heterocycles. The smallest absolute Gasteiger partial charge is 0.305 e. The number of pyridine rings is 1. The molecule has 0 spiro atoms. The third-order valence-electron chi connectivity index (χ3n) is 8.46. The van der Waals surface area contributed by atoms with Gasteiger partial charge in [-0.2, -0.15) is 0 Å². The van der Waals surface area contributed by atoms with Gasteiger partial charge in [0.25, 0.3) is 5.56 Å². The molecule has 1 fully saturated rings. The number of aryl methyl sites for hydroxylation is 3. The first kappa shape index (κ1) is 34.9. The van der Waals surface area contributed by atoms with Gasteiger partial charge >= 0.3 is 5.97 Å². The molecule has 1 saturated heterocycles. The molecule has 0 radical (unpaired) electrons. The van der Waals surface area contributed by atoms with Gasteiger partial charge in [-0.3, -0.25) is 14.4 Å². The molecule has 248 valence electrons. The maximum atomic E-state index is 15.7. The number of nitrogens with zero attached hydrogens (tertiary/aromatic N) is 2. The van der Waals surface area contributed by atoms with Crippen LogP contribution in [0.3, 0.4) is 0 Å². The van der Waals surface area contributed by atoms with Crippen LogP contribution in [0.5, 0.6) is 0 Å². The molecule has 4 rings (SSSR count). The molecule has 1 aliphatic rings. The standard InChI is InChI=1S/C35H41F4N3O4/c1-19(2)10-30(42-17-23(14-28(38)35(42)46)6-8-41-9-7-25(36)18-41)34(45)40-29(16-31(43)44)27-15-24(11-22(5)33(27)39)32-20(3)12-26(37)13-21(32)4/h11-15,17,19,25,29-30H,6-10,16,18H2,1-5H3,(H,40,45)(H,43,44)/t25?,29-,30?/m0/s1. The monoisotopic (exact) mass is 643 g/mol. The lowest BCUT2D eigenvalue weighted by Crippen LogP contribution is -2.41. The second-order valence-electron chi connectivity index (χ2n) is 12.8. The number of alkyl halides is 1. The molecule has 2 aromatic carbocycles. The van der Waals surface area contributed by atoms with Gasteiger partial charge in [-0.25, -0.2) is 17.6 Å². The summed E-state index contributed by atoms with van der Waals surface area (Å²) >= 11 is 0. The summed E-state index contributed by atoms with van der Waals surface area (Å²) in [5.41, 5.74) is 1.91. The fourth-order valence-corrected chi connectivity index (χ4v) is 6.30. The molecule has 2 N–H and O–H groups in total. The SMILES string of the molecule is Cc1cc(-c2c(C)cc(F)cc2C)cc([C@H](CC(=O)O)NC(=O)C(CC(C)C)n2cc(CCN3CCC(F)C3)cc(F)c2=O)c1F. The molecule has 11 heteroatoms. The van der Waals surface area contributed by atoms with Gasteiger partial charge in [0, 0.05) is 31.4 Å². The number of hydrogen-bond donors (Lipinski definition) is 2. The Hall–Kier alpha value is -3.99. The van der Waals surface area contributed by atoms with E-state index >= 15 is 4.39 Å². The quantitative estimate of drug-likeness (QED) is 0.224. The highest BCUT2D eigenvalue weighted by Gasteiger charge is 2.30. The summed E-state index contributed by atoms with van der Waals surface area (Å²) in [5.74, 6) is -4.39. The molecule has 2 heterocycles. The number of aliphatic carboxylic acids is 1. The van der Waals surface area contributed by atoms with Crippen molar-refractivity contribution in [3.8, 4) is 11.1 Å². The number of hydrogen-bond acceptors (Lipinski definition) is 4. The Morgan fingerprint density at radius 3 is 2.28 bits per heavy atom. The lowest BCUT2D eigenvalue weighted by molar-refractivity contribution is -0.138. The predicted molar refractivity (Wildman–Crippen MR) is 168 cm³/mol. The zero-order chi connectivity index (χ0) is 33.9. The lowest BCUT2D eigenvalue weighted by atomic mass is 9.90. The fourth-order valence-electron chi connectivity index (χ4n) is 6.30. The first-order chi connectivity index (χ1) is 21.6. The van der Waals surface area contributed by atoms with Crippen LogP contribution in [0.2, 0.25) is 0 Å². The van der Waals surface area contributed by atoms with Crippen LogP contribution in [0.1, 0.15) is 73.0 Å².